The summed E-state index contributed by atoms with van der Waals surface area (Å²) in [7, 11) is 0. The van der Waals surface area contributed by atoms with Gasteiger partial charge in [0.25, 0.3) is 0 Å². The summed E-state index contributed by atoms with van der Waals surface area (Å²) in [6.45, 7) is 3.93. The van der Waals surface area contributed by atoms with Gasteiger partial charge in [0.1, 0.15) is 0 Å². The van der Waals surface area contributed by atoms with Crippen LogP contribution in [0.2, 0.25) is 0 Å². The van der Waals surface area contributed by atoms with E-state index in [0.717, 1.165) is 21.4 Å². The van der Waals surface area contributed by atoms with Gasteiger partial charge in [0, 0.05) is 4.47 Å². The molecule has 1 heterocycles. The summed E-state index contributed by atoms with van der Waals surface area (Å²) in [5.74, 6) is 0.468. The van der Waals surface area contributed by atoms with Crippen LogP contribution in [-0.2, 0) is 0 Å². The summed E-state index contributed by atoms with van der Waals surface area (Å²) < 4.78 is 2.81. The van der Waals surface area contributed by atoms with Crippen LogP contribution >= 0.6 is 15.9 Å². The molecule has 78 valence electrons. The molecule has 5 heteroatoms. The van der Waals surface area contributed by atoms with Gasteiger partial charge in [0.15, 0.2) is 5.82 Å². The number of hydrogen-bond donors (Lipinski definition) is 1. The van der Waals surface area contributed by atoms with Gasteiger partial charge in [0.2, 0.25) is 0 Å². The van der Waals surface area contributed by atoms with Gasteiger partial charge in [0.05, 0.1) is 11.4 Å². The molecule has 0 unspecified atom stereocenters. The Morgan fingerprint density at radius 1 is 1.33 bits per heavy atom. The molecular formula is C10H11BrN4. The monoisotopic (exact) mass is 266 g/mol. The topological polar surface area (TPSA) is 56.7 Å². The summed E-state index contributed by atoms with van der Waals surface area (Å²) >= 11 is 3.46. The summed E-state index contributed by atoms with van der Waals surface area (Å²) in [5, 5.41) is 7.81. The van der Waals surface area contributed by atoms with Crippen LogP contribution in [0.5, 0.6) is 0 Å². The minimum atomic E-state index is 0.468. The van der Waals surface area contributed by atoms with Crippen molar-refractivity contribution in [3.8, 4) is 5.69 Å². The van der Waals surface area contributed by atoms with Gasteiger partial charge >= 0.3 is 0 Å². The molecule has 0 aliphatic rings. The third-order valence-corrected chi connectivity index (χ3v) is 3.21. The summed E-state index contributed by atoms with van der Waals surface area (Å²) in [4.78, 5) is 0. The fourth-order valence-corrected chi connectivity index (χ4v) is 1.59. The molecule has 1 aromatic carbocycles. The van der Waals surface area contributed by atoms with Gasteiger partial charge < -0.3 is 5.73 Å². The summed E-state index contributed by atoms with van der Waals surface area (Å²) in [6.07, 6.45) is 0. The van der Waals surface area contributed by atoms with Crippen LogP contribution in [-0.4, -0.2) is 15.0 Å². The molecule has 0 atom stereocenters. The quantitative estimate of drug-likeness (QED) is 0.861. The van der Waals surface area contributed by atoms with E-state index < -0.39 is 0 Å². The van der Waals surface area contributed by atoms with Crippen molar-refractivity contribution in [1.82, 2.24) is 15.0 Å². The minimum Gasteiger partial charge on any atom is -0.381 e. The Morgan fingerprint density at radius 3 is 2.60 bits per heavy atom. The van der Waals surface area contributed by atoms with E-state index in [4.69, 9.17) is 5.73 Å². The lowest BCUT2D eigenvalue weighted by molar-refractivity contribution is 0.784. The Hall–Kier alpha value is -1.36. The number of aryl methyl sites for hydroxylation is 1. The average molecular weight is 267 g/mol. The number of nitrogens with two attached hydrogens (primary N) is 1. The Kier molecular flexibility index (Phi) is 2.48. The molecule has 0 saturated heterocycles. The van der Waals surface area contributed by atoms with Gasteiger partial charge in [-0.3, -0.25) is 0 Å². The molecule has 2 aromatic rings. The zero-order valence-electron chi connectivity index (χ0n) is 8.53. The summed E-state index contributed by atoms with van der Waals surface area (Å²) in [5.41, 5.74) is 8.62. The first-order valence-corrected chi connectivity index (χ1v) is 5.33. The molecule has 0 aliphatic carbocycles. The lowest BCUT2D eigenvalue weighted by Crippen LogP contribution is -2.00. The van der Waals surface area contributed by atoms with E-state index in [1.54, 1.807) is 4.68 Å². The first-order chi connectivity index (χ1) is 7.09. The normalized spacial score (nSPS) is 10.6. The van der Waals surface area contributed by atoms with E-state index in [0.29, 0.717) is 5.82 Å². The van der Waals surface area contributed by atoms with Crippen molar-refractivity contribution in [3.05, 3.63) is 33.9 Å². The van der Waals surface area contributed by atoms with Crippen LogP contribution in [0.15, 0.2) is 22.7 Å². The molecule has 0 amide bonds. The Morgan fingerprint density at radius 2 is 2.07 bits per heavy atom. The van der Waals surface area contributed by atoms with Gasteiger partial charge in [-0.15, -0.1) is 5.10 Å². The molecular weight excluding hydrogens is 256 g/mol. The highest BCUT2D eigenvalue weighted by Gasteiger charge is 2.07. The minimum absolute atomic E-state index is 0.468. The predicted molar refractivity (Wildman–Crippen MR) is 62.9 cm³/mol. The van der Waals surface area contributed by atoms with Crippen molar-refractivity contribution in [2.45, 2.75) is 13.8 Å². The van der Waals surface area contributed by atoms with Crippen molar-refractivity contribution >= 4 is 21.7 Å². The number of halogens is 1. The standard InChI is InChI=1S/C10H11BrN4/c1-6-5-8(3-4-9(6)11)15-7(2)10(12)13-14-15/h3-5H,12H2,1-2H3. The lowest BCUT2D eigenvalue weighted by atomic mass is 10.2. The van der Waals surface area contributed by atoms with E-state index in [1.165, 1.54) is 0 Å². The molecule has 0 spiro atoms. The second-order valence-electron chi connectivity index (χ2n) is 3.41. The fraction of sp³-hybridized carbons (Fsp3) is 0.200. The van der Waals surface area contributed by atoms with Gasteiger partial charge in [-0.1, -0.05) is 21.1 Å². The molecule has 1 aromatic heterocycles. The number of aromatic nitrogens is 3. The van der Waals surface area contributed by atoms with Crippen molar-refractivity contribution in [2.24, 2.45) is 0 Å². The van der Waals surface area contributed by atoms with Crippen molar-refractivity contribution in [3.63, 3.8) is 0 Å². The molecule has 0 bridgehead atoms. The van der Waals surface area contributed by atoms with Crippen LogP contribution in [0.4, 0.5) is 5.82 Å². The third kappa shape index (κ3) is 1.74. The van der Waals surface area contributed by atoms with E-state index >= 15 is 0 Å². The Bertz CT molecular complexity index is 504. The van der Waals surface area contributed by atoms with Crippen LogP contribution in [0.25, 0.3) is 5.69 Å². The van der Waals surface area contributed by atoms with E-state index in [9.17, 15) is 0 Å². The molecule has 0 saturated carbocycles. The van der Waals surface area contributed by atoms with Crippen LogP contribution in [0.1, 0.15) is 11.3 Å². The molecule has 15 heavy (non-hydrogen) atoms. The molecule has 4 nitrogen and oxygen atoms in total. The zero-order valence-corrected chi connectivity index (χ0v) is 10.1. The number of nitrogens with zero attached hydrogens (tertiary/aromatic N) is 3. The summed E-state index contributed by atoms with van der Waals surface area (Å²) in [6, 6.07) is 5.99. The highest BCUT2D eigenvalue weighted by Crippen LogP contribution is 2.20. The van der Waals surface area contributed by atoms with Crippen molar-refractivity contribution in [2.75, 3.05) is 5.73 Å². The van der Waals surface area contributed by atoms with Crippen LogP contribution in [0.3, 0.4) is 0 Å². The maximum Gasteiger partial charge on any atom is 0.169 e. The molecule has 2 rings (SSSR count). The smallest absolute Gasteiger partial charge is 0.169 e. The Balaban J connectivity index is 2.55. The molecule has 0 aliphatic heterocycles. The molecule has 0 radical (unpaired) electrons. The zero-order chi connectivity index (χ0) is 11.0. The molecule has 2 N–H and O–H groups in total. The number of benzene rings is 1. The van der Waals surface area contributed by atoms with Crippen LogP contribution in [0, 0.1) is 13.8 Å². The Labute approximate surface area is 96.2 Å². The number of nitrogen functional groups attached to an aromatic ring is 1. The fourth-order valence-electron chi connectivity index (χ4n) is 1.35. The third-order valence-electron chi connectivity index (χ3n) is 2.32. The van der Waals surface area contributed by atoms with Crippen molar-refractivity contribution in [1.29, 1.82) is 0 Å². The highest BCUT2D eigenvalue weighted by atomic mass is 79.9. The number of anilines is 1. The highest BCUT2D eigenvalue weighted by molar-refractivity contribution is 9.10. The second-order valence-corrected chi connectivity index (χ2v) is 4.26. The van der Waals surface area contributed by atoms with E-state index in [1.807, 2.05) is 32.0 Å². The van der Waals surface area contributed by atoms with Crippen LogP contribution < -0.4 is 5.73 Å². The number of hydrogen-bond acceptors (Lipinski definition) is 3. The second kappa shape index (κ2) is 3.66. The predicted octanol–water partition coefficient (Wildman–Crippen LogP) is 2.23. The molecule has 0 fully saturated rings. The first-order valence-electron chi connectivity index (χ1n) is 4.54. The van der Waals surface area contributed by atoms with E-state index in [2.05, 4.69) is 26.2 Å². The lowest BCUT2D eigenvalue weighted by Gasteiger charge is -2.05. The number of rotatable bonds is 1. The first kappa shape index (κ1) is 10.2. The largest absolute Gasteiger partial charge is 0.381 e. The van der Waals surface area contributed by atoms with Gasteiger partial charge in [-0.25, -0.2) is 4.68 Å². The maximum absolute atomic E-state index is 5.64. The average Bonchev–Trinajstić information content (AvgIpc) is 2.53. The van der Waals surface area contributed by atoms with E-state index in [-0.39, 0.29) is 0 Å². The SMILES string of the molecule is Cc1cc(-n2nnc(N)c2C)ccc1Br. The maximum atomic E-state index is 5.64. The van der Waals surface area contributed by atoms with Gasteiger partial charge in [-0.2, -0.15) is 0 Å². The van der Waals surface area contributed by atoms with Gasteiger partial charge in [-0.05, 0) is 37.6 Å². The van der Waals surface area contributed by atoms with Crippen molar-refractivity contribution < 1.29 is 0 Å².